The quantitative estimate of drug-likeness (QED) is 0.708. The van der Waals surface area contributed by atoms with Crippen LogP contribution in [0, 0.1) is 0 Å². The van der Waals surface area contributed by atoms with Gasteiger partial charge in [0.1, 0.15) is 5.52 Å². The monoisotopic (exact) mass is 276 g/mol. The Balaban J connectivity index is 1.69. The van der Waals surface area contributed by atoms with E-state index in [1.165, 1.54) is 0 Å². The first kappa shape index (κ1) is 13.2. The average Bonchev–Trinajstić information content (AvgIpc) is 2.95. The molecule has 21 heavy (non-hydrogen) atoms. The molecule has 0 saturated heterocycles. The number of rotatable bonds is 4. The molecule has 0 radical (unpaired) electrons. The molecule has 104 valence electrons. The van der Waals surface area contributed by atoms with E-state index in [1.807, 2.05) is 67.7 Å². The number of aromatic nitrogens is 1. The number of nitrogens with zero attached hydrogens (tertiary/aromatic N) is 1. The predicted molar refractivity (Wildman–Crippen MR) is 88.1 cm³/mol. The fraction of sp³-hybridized carbons (Fsp3) is 0.0556. The number of allylic oxidation sites excluding steroid dienone is 2. The molecule has 0 amide bonds. The van der Waals surface area contributed by atoms with Crippen molar-refractivity contribution >= 4 is 28.9 Å². The van der Waals surface area contributed by atoms with Gasteiger partial charge in [0.25, 0.3) is 0 Å². The second-order valence-corrected chi connectivity index (χ2v) is 4.61. The van der Waals surface area contributed by atoms with Crippen LogP contribution < -0.4 is 5.32 Å². The topological polar surface area (TPSA) is 38.1 Å². The van der Waals surface area contributed by atoms with Gasteiger partial charge in [0, 0.05) is 18.8 Å². The summed E-state index contributed by atoms with van der Waals surface area (Å²) in [6.45, 7) is 0. The Morgan fingerprint density at radius 2 is 1.71 bits per heavy atom. The molecule has 0 aliphatic carbocycles. The molecule has 0 aliphatic heterocycles. The van der Waals surface area contributed by atoms with E-state index in [0.717, 1.165) is 22.4 Å². The summed E-state index contributed by atoms with van der Waals surface area (Å²) in [6, 6.07) is 16.0. The predicted octanol–water partition coefficient (Wildman–Crippen LogP) is 4.60. The third-order valence-corrected chi connectivity index (χ3v) is 3.15. The molecule has 1 N–H and O–H groups in total. The summed E-state index contributed by atoms with van der Waals surface area (Å²) in [7, 11) is 1.91. The highest BCUT2D eigenvalue weighted by Crippen LogP contribution is 2.15. The third kappa shape index (κ3) is 3.20. The summed E-state index contributed by atoms with van der Waals surface area (Å²) < 4.78 is 5.61. The van der Waals surface area contributed by atoms with Crippen LogP contribution in [0.5, 0.6) is 0 Å². The van der Waals surface area contributed by atoms with E-state index >= 15 is 0 Å². The number of para-hydroxylation sites is 2. The highest BCUT2D eigenvalue weighted by Gasteiger charge is 1.99. The summed E-state index contributed by atoms with van der Waals surface area (Å²) >= 11 is 0. The third-order valence-electron chi connectivity index (χ3n) is 3.15. The molecule has 3 aromatic rings. The molecule has 0 bridgehead atoms. The number of fused-ring (bicyclic) bond motifs is 1. The minimum atomic E-state index is 0.617. The normalized spacial score (nSPS) is 11.7. The Hall–Kier alpha value is -2.81. The molecule has 1 aromatic heterocycles. The summed E-state index contributed by atoms with van der Waals surface area (Å²) in [5.41, 5.74) is 3.94. The van der Waals surface area contributed by atoms with E-state index in [2.05, 4.69) is 22.4 Å². The minimum absolute atomic E-state index is 0.617. The fourth-order valence-electron chi connectivity index (χ4n) is 2.03. The zero-order chi connectivity index (χ0) is 14.5. The Morgan fingerprint density at radius 3 is 2.48 bits per heavy atom. The number of oxazole rings is 1. The maximum atomic E-state index is 5.61. The first-order valence-electron chi connectivity index (χ1n) is 6.83. The van der Waals surface area contributed by atoms with Crippen LogP contribution in [-0.2, 0) is 0 Å². The zero-order valence-corrected chi connectivity index (χ0v) is 11.8. The van der Waals surface area contributed by atoms with Crippen molar-refractivity contribution < 1.29 is 4.42 Å². The standard InChI is InChI=1S/C18H16N2O/c1-19-15-12-10-14(11-13-15)6-2-5-9-18-20-16-7-3-4-8-17(16)21-18/h2-13,19H,1H3. The molecule has 3 heteroatoms. The van der Waals surface area contributed by atoms with Crippen LogP contribution in [0.15, 0.2) is 65.1 Å². The molecule has 3 nitrogen and oxygen atoms in total. The maximum absolute atomic E-state index is 5.61. The lowest BCUT2D eigenvalue weighted by molar-refractivity contribution is 0.589. The highest BCUT2D eigenvalue weighted by molar-refractivity contribution is 5.73. The van der Waals surface area contributed by atoms with Gasteiger partial charge in [-0.1, -0.05) is 42.5 Å². The number of anilines is 1. The number of hydrogen-bond acceptors (Lipinski definition) is 3. The zero-order valence-electron chi connectivity index (χ0n) is 11.8. The average molecular weight is 276 g/mol. The van der Waals surface area contributed by atoms with Gasteiger partial charge in [-0.05, 0) is 29.8 Å². The summed E-state index contributed by atoms with van der Waals surface area (Å²) in [4.78, 5) is 4.38. The Labute approximate surface area is 123 Å². The van der Waals surface area contributed by atoms with Crippen molar-refractivity contribution in [2.45, 2.75) is 0 Å². The second kappa shape index (κ2) is 6.09. The van der Waals surface area contributed by atoms with Crippen molar-refractivity contribution in [1.82, 2.24) is 4.98 Å². The molecular formula is C18H16N2O. The minimum Gasteiger partial charge on any atom is -0.437 e. The van der Waals surface area contributed by atoms with Gasteiger partial charge in [0.15, 0.2) is 5.58 Å². The van der Waals surface area contributed by atoms with Crippen LogP contribution in [0.2, 0.25) is 0 Å². The van der Waals surface area contributed by atoms with Gasteiger partial charge in [-0.25, -0.2) is 4.98 Å². The second-order valence-electron chi connectivity index (χ2n) is 4.61. The van der Waals surface area contributed by atoms with Gasteiger partial charge < -0.3 is 9.73 Å². The van der Waals surface area contributed by atoms with Gasteiger partial charge in [-0.15, -0.1) is 0 Å². The molecule has 3 rings (SSSR count). The van der Waals surface area contributed by atoms with Gasteiger partial charge in [0.05, 0.1) is 0 Å². The van der Waals surface area contributed by atoms with Crippen molar-refractivity contribution in [1.29, 1.82) is 0 Å². The van der Waals surface area contributed by atoms with E-state index < -0.39 is 0 Å². The van der Waals surface area contributed by atoms with Crippen molar-refractivity contribution in [2.24, 2.45) is 0 Å². The van der Waals surface area contributed by atoms with E-state index in [-0.39, 0.29) is 0 Å². The number of benzene rings is 2. The molecule has 1 heterocycles. The molecular weight excluding hydrogens is 260 g/mol. The van der Waals surface area contributed by atoms with Crippen molar-refractivity contribution in [3.05, 3.63) is 72.1 Å². The van der Waals surface area contributed by atoms with Gasteiger partial charge >= 0.3 is 0 Å². The molecule has 0 fully saturated rings. The van der Waals surface area contributed by atoms with E-state index in [4.69, 9.17) is 4.42 Å². The van der Waals surface area contributed by atoms with Gasteiger partial charge in [-0.3, -0.25) is 0 Å². The Kier molecular flexibility index (Phi) is 3.83. The first-order valence-corrected chi connectivity index (χ1v) is 6.83. The number of hydrogen-bond donors (Lipinski definition) is 1. The molecule has 0 spiro atoms. The van der Waals surface area contributed by atoms with Crippen LogP contribution >= 0.6 is 0 Å². The first-order chi connectivity index (χ1) is 10.3. The lowest BCUT2D eigenvalue weighted by atomic mass is 10.2. The molecule has 0 unspecified atom stereocenters. The van der Waals surface area contributed by atoms with Crippen LogP contribution in [-0.4, -0.2) is 12.0 Å². The summed E-state index contributed by atoms with van der Waals surface area (Å²) in [5, 5.41) is 3.10. The molecule has 0 atom stereocenters. The van der Waals surface area contributed by atoms with E-state index in [0.29, 0.717) is 5.89 Å². The largest absolute Gasteiger partial charge is 0.437 e. The molecule has 0 saturated carbocycles. The summed E-state index contributed by atoms with van der Waals surface area (Å²) in [6.07, 6.45) is 7.80. The van der Waals surface area contributed by atoms with Crippen LogP contribution in [0.3, 0.4) is 0 Å². The fourth-order valence-corrected chi connectivity index (χ4v) is 2.03. The van der Waals surface area contributed by atoms with Crippen molar-refractivity contribution in [2.75, 3.05) is 12.4 Å². The SMILES string of the molecule is CNc1ccc(C=CC=Cc2nc3ccccc3o2)cc1. The smallest absolute Gasteiger partial charge is 0.219 e. The van der Waals surface area contributed by atoms with Crippen LogP contribution in [0.25, 0.3) is 23.3 Å². The highest BCUT2D eigenvalue weighted by atomic mass is 16.3. The molecule has 2 aromatic carbocycles. The summed E-state index contributed by atoms with van der Waals surface area (Å²) in [5.74, 6) is 0.617. The maximum Gasteiger partial charge on any atom is 0.219 e. The van der Waals surface area contributed by atoms with Gasteiger partial charge in [0.2, 0.25) is 5.89 Å². The van der Waals surface area contributed by atoms with Crippen molar-refractivity contribution in [3.8, 4) is 0 Å². The molecule has 0 aliphatic rings. The lowest BCUT2D eigenvalue weighted by Crippen LogP contribution is -1.86. The van der Waals surface area contributed by atoms with Crippen LogP contribution in [0.1, 0.15) is 11.5 Å². The lowest BCUT2D eigenvalue weighted by Gasteiger charge is -1.98. The van der Waals surface area contributed by atoms with E-state index in [1.54, 1.807) is 0 Å². The van der Waals surface area contributed by atoms with E-state index in [9.17, 15) is 0 Å². The van der Waals surface area contributed by atoms with Crippen LogP contribution in [0.4, 0.5) is 5.69 Å². The van der Waals surface area contributed by atoms with Gasteiger partial charge in [-0.2, -0.15) is 0 Å². The Morgan fingerprint density at radius 1 is 0.952 bits per heavy atom. The van der Waals surface area contributed by atoms with Crippen molar-refractivity contribution in [3.63, 3.8) is 0 Å². The number of nitrogens with one attached hydrogen (secondary N) is 1. The Bertz CT molecular complexity index is 749.